The van der Waals surface area contributed by atoms with E-state index in [1.807, 2.05) is 0 Å². The van der Waals surface area contributed by atoms with Crippen LogP contribution in [0.5, 0.6) is 5.88 Å². The van der Waals surface area contributed by atoms with E-state index in [0.29, 0.717) is 11.3 Å². The summed E-state index contributed by atoms with van der Waals surface area (Å²) in [6.45, 7) is 0.506. The third-order valence-corrected chi connectivity index (χ3v) is 5.25. The number of carbonyl (C=O) groups excluding carboxylic acids is 1. The molecule has 3 heterocycles. The highest BCUT2D eigenvalue weighted by atomic mass is 32.1. The van der Waals surface area contributed by atoms with Crippen molar-refractivity contribution in [2.45, 2.75) is 24.9 Å². The molecule has 2 aromatic rings. The van der Waals surface area contributed by atoms with Crippen LogP contribution in [0.15, 0.2) is 4.79 Å². The molecule has 0 unspecified atom stereocenters. The Hall–Kier alpha value is -2.52. The molecule has 5 N–H and O–H groups in total. The lowest BCUT2D eigenvalue weighted by molar-refractivity contribution is -0.150. The van der Waals surface area contributed by atoms with Crippen LogP contribution in [0.2, 0.25) is 0 Å². The van der Waals surface area contributed by atoms with Gasteiger partial charge in [0.2, 0.25) is 17.6 Å². The number of amides is 1. The monoisotopic (exact) mass is 431 g/mol. The summed E-state index contributed by atoms with van der Waals surface area (Å²) < 4.78 is 16.8. The summed E-state index contributed by atoms with van der Waals surface area (Å²) in [5, 5.41) is 30.1. The minimum absolute atomic E-state index is 0.0523. The van der Waals surface area contributed by atoms with E-state index in [1.54, 1.807) is 6.92 Å². The van der Waals surface area contributed by atoms with Gasteiger partial charge in [-0.1, -0.05) is 11.3 Å². The molecule has 29 heavy (non-hydrogen) atoms. The molecular weight excluding hydrogens is 410 g/mol. The topological polar surface area (TPSA) is 182 Å². The van der Waals surface area contributed by atoms with Gasteiger partial charge in [-0.25, -0.2) is 9.36 Å². The minimum Gasteiger partial charge on any atom is -0.455 e. The zero-order valence-corrected chi connectivity index (χ0v) is 16.5. The number of fused-ring (bicyclic) bond motifs is 1. The molecule has 0 aliphatic carbocycles. The number of aliphatic hydroxyl groups excluding tert-OH is 3. The Labute approximate surface area is 167 Å². The second kappa shape index (κ2) is 8.08. The van der Waals surface area contributed by atoms with Gasteiger partial charge in [0, 0.05) is 7.05 Å². The molecule has 1 amide bonds. The highest BCUT2D eigenvalue weighted by Gasteiger charge is 2.52. The standard InChI is InChI=1S/C15H21N5O8S/c1-3-26-13(24)19(2)6-27-11-8-10(17-12(16)18-11)20(14(25)29-8)15(5-21)9(23)7(22)4-28-15/h7,9,21-23H,3-6H2,1-2H3,(H2,16,17,18)/t7-,9-,15-/m0/s1. The first-order valence-corrected chi connectivity index (χ1v) is 9.38. The predicted molar refractivity (Wildman–Crippen MR) is 99.4 cm³/mol. The zero-order valence-electron chi connectivity index (χ0n) is 15.6. The molecule has 13 nitrogen and oxygen atoms in total. The number of rotatable bonds is 6. The van der Waals surface area contributed by atoms with E-state index in [4.69, 9.17) is 19.9 Å². The first-order chi connectivity index (χ1) is 13.7. The Bertz CT molecular complexity index is 964. The summed E-state index contributed by atoms with van der Waals surface area (Å²) in [7, 11) is 1.44. The number of aromatic nitrogens is 3. The Morgan fingerprint density at radius 1 is 1.48 bits per heavy atom. The third-order valence-electron chi connectivity index (χ3n) is 4.33. The molecule has 1 fully saturated rings. The number of carbonyl (C=O) groups is 1. The summed E-state index contributed by atoms with van der Waals surface area (Å²) in [5.74, 6) is -0.329. The smallest absolute Gasteiger partial charge is 0.412 e. The van der Waals surface area contributed by atoms with Crippen molar-refractivity contribution in [3.05, 3.63) is 9.67 Å². The number of aliphatic hydroxyl groups is 3. The van der Waals surface area contributed by atoms with Gasteiger partial charge in [0.1, 0.15) is 16.9 Å². The molecule has 3 atom stereocenters. The number of nitrogens with two attached hydrogens (primary N) is 1. The fourth-order valence-corrected chi connectivity index (χ4v) is 3.81. The molecule has 1 aliphatic heterocycles. The second-order valence-corrected chi connectivity index (χ2v) is 7.20. The summed E-state index contributed by atoms with van der Waals surface area (Å²) in [6, 6.07) is 0. The fraction of sp³-hybridized carbons (Fsp3) is 0.600. The van der Waals surface area contributed by atoms with Gasteiger partial charge in [0.15, 0.2) is 12.4 Å². The van der Waals surface area contributed by atoms with Crippen LogP contribution in [0.1, 0.15) is 6.92 Å². The van der Waals surface area contributed by atoms with E-state index in [1.165, 1.54) is 7.05 Å². The van der Waals surface area contributed by atoms with Crippen LogP contribution in [-0.2, 0) is 15.2 Å². The van der Waals surface area contributed by atoms with Crippen LogP contribution in [0, 0.1) is 0 Å². The molecule has 0 aromatic carbocycles. The molecule has 0 spiro atoms. The molecule has 0 saturated carbocycles. The third kappa shape index (κ3) is 3.60. The van der Waals surface area contributed by atoms with Gasteiger partial charge in [-0.05, 0) is 6.92 Å². The van der Waals surface area contributed by atoms with Crippen molar-refractivity contribution in [2.24, 2.45) is 0 Å². The number of nitrogens with zero attached hydrogens (tertiary/aromatic N) is 4. The molecule has 1 aliphatic rings. The first-order valence-electron chi connectivity index (χ1n) is 8.56. The maximum Gasteiger partial charge on any atom is 0.412 e. The van der Waals surface area contributed by atoms with E-state index >= 15 is 0 Å². The van der Waals surface area contributed by atoms with E-state index in [0.717, 1.165) is 9.47 Å². The second-order valence-electron chi connectivity index (χ2n) is 6.24. The van der Waals surface area contributed by atoms with Crippen LogP contribution in [0.25, 0.3) is 10.3 Å². The number of nitrogen functional groups attached to an aromatic ring is 1. The normalized spacial score (nSPS) is 24.0. The molecule has 0 bridgehead atoms. The highest BCUT2D eigenvalue weighted by Crippen LogP contribution is 2.36. The number of anilines is 1. The van der Waals surface area contributed by atoms with Gasteiger partial charge >= 0.3 is 11.0 Å². The molecule has 160 valence electrons. The lowest BCUT2D eigenvalue weighted by Crippen LogP contribution is -2.51. The Kier molecular flexibility index (Phi) is 5.90. The van der Waals surface area contributed by atoms with Gasteiger partial charge in [0.05, 0.1) is 19.8 Å². The first kappa shape index (κ1) is 21.2. The SMILES string of the molecule is CCOC(=O)N(C)COc1nc(N)nc2c1sc(=O)n2[C@@]1(CO)OC[C@H](O)[C@@H]1O. The number of ether oxygens (including phenoxy) is 3. The van der Waals surface area contributed by atoms with Gasteiger partial charge in [-0.15, -0.1) is 0 Å². The van der Waals surface area contributed by atoms with Crippen molar-refractivity contribution in [1.82, 2.24) is 19.4 Å². The van der Waals surface area contributed by atoms with Crippen LogP contribution in [-0.4, -0.2) is 86.7 Å². The van der Waals surface area contributed by atoms with Gasteiger partial charge in [0.25, 0.3) is 0 Å². The van der Waals surface area contributed by atoms with Crippen molar-refractivity contribution >= 4 is 33.7 Å². The Morgan fingerprint density at radius 2 is 2.21 bits per heavy atom. The quantitative estimate of drug-likeness (QED) is 0.381. The molecule has 14 heteroatoms. The van der Waals surface area contributed by atoms with Crippen molar-refractivity contribution < 1.29 is 34.3 Å². The van der Waals surface area contributed by atoms with Crippen LogP contribution < -0.4 is 15.3 Å². The molecule has 3 rings (SSSR count). The summed E-state index contributed by atoms with van der Waals surface area (Å²) in [5.41, 5.74) is 3.74. The average Bonchev–Trinajstić information content (AvgIpc) is 3.16. The van der Waals surface area contributed by atoms with Crippen molar-refractivity contribution in [1.29, 1.82) is 0 Å². The van der Waals surface area contributed by atoms with Gasteiger partial charge in [-0.2, -0.15) is 9.97 Å². The van der Waals surface area contributed by atoms with Gasteiger partial charge < -0.3 is 35.3 Å². The van der Waals surface area contributed by atoms with Crippen molar-refractivity contribution in [3.8, 4) is 5.88 Å². The molecule has 0 radical (unpaired) electrons. The Balaban J connectivity index is 2.03. The van der Waals surface area contributed by atoms with Crippen molar-refractivity contribution in [2.75, 3.05) is 39.3 Å². The summed E-state index contributed by atoms with van der Waals surface area (Å²) in [6.07, 6.45) is -3.51. The highest BCUT2D eigenvalue weighted by molar-refractivity contribution is 7.16. The van der Waals surface area contributed by atoms with Crippen LogP contribution in [0.4, 0.5) is 10.7 Å². The maximum absolute atomic E-state index is 12.7. The number of thiazole rings is 1. The number of hydrogen-bond donors (Lipinski definition) is 4. The van der Waals surface area contributed by atoms with Gasteiger partial charge in [-0.3, -0.25) is 9.69 Å². The maximum atomic E-state index is 12.7. The number of hydrogen-bond acceptors (Lipinski definition) is 12. The summed E-state index contributed by atoms with van der Waals surface area (Å²) in [4.78, 5) is 32.8. The van der Waals surface area contributed by atoms with Crippen LogP contribution >= 0.6 is 11.3 Å². The molecule has 2 aromatic heterocycles. The largest absolute Gasteiger partial charge is 0.455 e. The predicted octanol–water partition coefficient (Wildman–Crippen LogP) is -1.74. The fourth-order valence-electron chi connectivity index (χ4n) is 2.88. The lowest BCUT2D eigenvalue weighted by atomic mass is 10.1. The molecule has 1 saturated heterocycles. The van der Waals surface area contributed by atoms with E-state index in [-0.39, 0.29) is 42.1 Å². The van der Waals surface area contributed by atoms with E-state index < -0.39 is 35.5 Å². The zero-order chi connectivity index (χ0) is 21.3. The van der Waals surface area contributed by atoms with Crippen molar-refractivity contribution in [3.63, 3.8) is 0 Å². The summed E-state index contributed by atoms with van der Waals surface area (Å²) >= 11 is 0.672. The van der Waals surface area contributed by atoms with E-state index in [2.05, 4.69) is 9.97 Å². The lowest BCUT2D eigenvalue weighted by Gasteiger charge is -2.30. The molecular formula is C15H21N5O8S. The Morgan fingerprint density at radius 3 is 2.79 bits per heavy atom. The minimum atomic E-state index is -1.94. The van der Waals surface area contributed by atoms with Crippen LogP contribution in [0.3, 0.4) is 0 Å². The van der Waals surface area contributed by atoms with E-state index in [9.17, 15) is 24.9 Å². The average molecular weight is 431 g/mol.